The summed E-state index contributed by atoms with van der Waals surface area (Å²) >= 11 is 0. The lowest BCUT2D eigenvalue weighted by molar-refractivity contribution is -0.142. The molecule has 20 N–H and O–H groups in total. The van der Waals surface area contributed by atoms with Crippen LogP contribution in [-0.4, -0.2) is 214 Å². The summed E-state index contributed by atoms with van der Waals surface area (Å²) in [5.74, 6) is -8.33. The van der Waals surface area contributed by atoms with Crippen molar-refractivity contribution in [3.8, 4) is 0 Å². The predicted octanol–water partition coefficient (Wildman–Crippen LogP) is 4.10. The average molecular weight is 1780 g/mol. The van der Waals surface area contributed by atoms with Gasteiger partial charge in [-0.15, -0.1) is 0 Å². The second-order valence-electron chi connectivity index (χ2n) is 34.7. The molecule has 1 saturated carbocycles. The number of aromatic nitrogens is 2. The van der Waals surface area contributed by atoms with Crippen LogP contribution in [0.5, 0.6) is 0 Å². The normalized spacial score (nSPS) is 22.7. The lowest BCUT2D eigenvalue weighted by Gasteiger charge is -2.32. The molecule has 12 atom stereocenters. The number of aromatic amines is 2. The van der Waals surface area contributed by atoms with Crippen molar-refractivity contribution >= 4 is 116 Å². The molecule has 12 amide bonds. The van der Waals surface area contributed by atoms with Crippen LogP contribution in [0.1, 0.15) is 170 Å². The Labute approximate surface area is 756 Å². The minimum Gasteiger partial charge on any atom is -0.370 e. The van der Waals surface area contributed by atoms with Crippen LogP contribution in [0.2, 0.25) is 0 Å². The van der Waals surface area contributed by atoms with E-state index in [2.05, 4.69) is 73.1 Å². The molecule has 5 fully saturated rings. The van der Waals surface area contributed by atoms with E-state index in [1.165, 1.54) is 23.6 Å². The number of hydrogen-bond acceptors (Lipinski definition) is 16. The number of rotatable bonds is 26. The monoisotopic (exact) mass is 1780 g/mol. The number of amides is 12. The fourth-order valence-corrected chi connectivity index (χ4v) is 18.2. The summed E-state index contributed by atoms with van der Waals surface area (Å²) in [5, 5.41) is 30.7. The standard InChI is InChI=1S/C48H66N10O7.C48H60N10O7/c2*1-30(59)54-39(25-31-13-4-2-5-14-31)44(62)55-37-20-11-22-51-43(61)33(17-10-23-52-48(49)50)28-42(60)38(27-34-29-53-36-19-9-8-18-35(34)36)56-45(63)40(26-32-15-6-3-7-16-32)57-46(64)41-21-12-24-58(41)47(37)65/h2,4-5,8-9,13-14,18-19,29,32-33,37-41,53H,3,6-7,10-12,15-17,20-28H2,1H3,(H,51,61)(H,54,59)(H,55,62)(H,56,63)(H,57,64)(H4,49,50,52);2-9,13-16,18-19,29,33,37-41,53H,10-12,17,20-28H2,1H3,(H,51,61)(H,54,59)(H,55,62)(H,56,63)(H,57,64)(H4,49,50,52)/t2*33-,37+,38+,39+,40-,41+/m11/s1. The first-order valence-corrected chi connectivity index (χ1v) is 45.6. The van der Waals surface area contributed by atoms with E-state index >= 15 is 0 Å². The molecule has 4 aliphatic heterocycles. The number of benzene rings is 5. The van der Waals surface area contributed by atoms with Crippen LogP contribution in [0.4, 0.5) is 0 Å². The Bertz CT molecular complexity index is 5130. The van der Waals surface area contributed by atoms with Gasteiger partial charge in [-0.05, 0) is 129 Å². The molecule has 7 aromatic rings. The molecule has 6 heterocycles. The van der Waals surface area contributed by atoms with Crippen molar-refractivity contribution in [1.29, 1.82) is 0 Å². The van der Waals surface area contributed by atoms with Crippen molar-refractivity contribution in [2.45, 2.75) is 235 Å². The summed E-state index contributed by atoms with van der Waals surface area (Å²) in [6.07, 6.45) is 12.7. The largest absolute Gasteiger partial charge is 0.370 e. The summed E-state index contributed by atoms with van der Waals surface area (Å²) in [7, 11) is 0. The highest BCUT2D eigenvalue weighted by atomic mass is 16.2. The Hall–Kier alpha value is -13.3. The number of nitrogens with two attached hydrogens (primary N) is 4. The fraction of sp³-hybridized carbons (Fsp3) is 0.479. The van der Waals surface area contributed by atoms with E-state index in [9.17, 15) is 67.1 Å². The van der Waals surface area contributed by atoms with Gasteiger partial charge in [-0.1, -0.05) is 159 Å². The second kappa shape index (κ2) is 48.8. The number of guanidine groups is 2. The van der Waals surface area contributed by atoms with Gasteiger partial charge in [-0.3, -0.25) is 77.1 Å². The van der Waals surface area contributed by atoms with Crippen LogP contribution in [-0.2, 0) is 99.2 Å². The van der Waals surface area contributed by atoms with Gasteiger partial charge in [0.05, 0.1) is 12.1 Å². The van der Waals surface area contributed by atoms with Gasteiger partial charge in [0.2, 0.25) is 70.9 Å². The maximum atomic E-state index is 14.6. The summed E-state index contributed by atoms with van der Waals surface area (Å²) in [6, 6.07) is 32.3. The number of nitrogens with zero attached hydrogens (tertiary/aromatic N) is 4. The van der Waals surface area contributed by atoms with Crippen LogP contribution >= 0.6 is 0 Å². The van der Waals surface area contributed by atoms with Crippen LogP contribution in [0.15, 0.2) is 162 Å². The Kier molecular flexibility index (Phi) is 36.5. The average Bonchev–Trinajstić information content (AvgIpc) is 1.75. The lowest BCUT2D eigenvalue weighted by Crippen LogP contribution is -2.59. The zero-order valence-electron chi connectivity index (χ0n) is 74.2. The Morgan fingerprint density at radius 2 is 0.815 bits per heavy atom. The first kappa shape index (κ1) is 97.3. The maximum absolute atomic E-state index is 14.6. The molecular formula is C96H126N20O14. The smallest absolute Gasteiger partial charge is 0.245 e. The summed E-state index contributed by atoms with van der Waals surface area (Å²) in [6.45, 7) is 3.76. The maximum Gasteiger partial charge on any atom is 0.245 e. The summed E-state index contributed by atoms with van der Waals surface area (Å²) < 4.78 is 0. The molecular weight excluding hydrogens is 1660 g/mol. The third kappa shape index (κ3) is 28.9. The molecule has 5 aromatic carbocycles. The number of carbonyl (C=O) groups excluding carboxylic acids is 14. The fourth-order valence-electron chi connectivity index (χ4n) is 18.2. The number of para-hydroxylation sites is 2. The van der Waals surface area contributed by atoms with Crippen LogP contribution in [0.25, 0.3) is 21.8 Å². The van der Waals surface area contributed by atoms with Gasteiger partial charge in [0, 0.05) is 144 Å². The van der Waals surface area contributed by atoms with E-state index in [0.717, 1.165) is 81.7 Å². The predicted molar refractivity (Wildman–Crippen MR) is 492 cm³/mol. The van der Waals surface area contributed by atoms with Gasteiger partial charge >= 0.3 is 0 Å². The van der Waals surface area contributed by atoms with E-state index in [1.54, 1.807) is 6.20 Å². The first-order chi connectivity index (χ1) is 62.7. The molecule has 0 bridgehead atoms. The van der Waals surface area contributed by atoms with Crippen molar-refractivity contribution in [1.82, 2.24) is 72.9 Å². The lowest BCUT2D eigenvalue weighted by atomic mass is 9.84. The zero-order valence-corrected chi connectivity index (χ0v) is 74.2. The van der Waals surface area contributed by atoms with Crippen molar-refractivity contribution < 1.29 is 67.1 Å². The van der Waals surface area contributed by atoms with Gasteiger partial charge < -0.3 is 95.9 Å². The van der Waals surface area contributed by atoms with Gasteiger partial charge in [0.15, 0.2) is 23.5 Å². The van der Waals surface area contributed by atoms with E-state index in [1.807, 2.05) is 146 Å². The Morgan fingerprint density at radius 1 is 0.423 bits per heavy atom. The van der Waals surface area contributed by atoms with Crippen molar-refractivity contribution in [2.24, 2.45) is 50.7 Å². The van der Waals surface area contributed by atoms with E-state index < -0.39 is 137 Å². The molecule has 12 rings (SSSR count). The molecule has 0 spiro atoms. The van der Waals surface area contributed by atoms with Crippen molar-refractivity contribution in [2.75, 3.05) is 39.3 Å². The van der Waals surface area contributed by atoms with Gasteiger partial charge in [0.25, 0.3) is 0 Å². The molecule has 694 valence electrons. The number of hydrogen-bond donors (Lipinski definition) is 16. The summed E-state index contributed by atoms with van der Waals surface area (Å²) in [5.41, 5.74) is 27.9. The highest BCUT2D eigenvalue weighted by Crippen LogP contribution is 2.31. The number of nitrogens with one attached hydrogen (secondary N) is 12. The highest BCUT2D eigenvalue weighted by Gasteiger charge is 2.44. The van der Waals surface area contributed by atoms with Crippen molar-refractivity contribution in [3.63, 3.8) is 0 Å². The number of fused-ring (bicyclic) bond motifs is 4. The minimum absolute atomic E-state index is 0.0769. The molecule has 2 aromatic heterocycles. The SMILES string of the molecule is CC(=O)N[C@@H](Cc1ccccc1)C(=O)N[C@H]1CCCNC(=O)[C@H](CCCN=C(N)N)CC(=O)[C@H](Cc2c[nH]c3ccccc23)NC(=O)[C@@H](CC2CCCCC2)NC(=O)[C@@H]2CCCN2C1=O.CC(=O)N[C@@H](Cc1ccccc1)C(=O)N[C@H]1CCCNC(=O)[C@H](CCCN=C(N)N)CC(=O)[C@H](Cc2c[nH]c3ccccc23)NC(=O)[C@@H](Cc2ccccc2)NC(=O)[C@@H]2CCCN2C1=O. The Morgan fingerprint density at radius 3 is 1.24 bits per heavy atom. The molecule has 1 aliphatic carbocycles. The Balaban J connectivity index is 0.000000251. The number of ketones is 2. The third-order valence-corrected chi connectivity index (χ3v) is 24.9. The molecule has 34 heteroatoms. The van der Waals surface area contributed by atoms with E-state index in [0.29, 0.717) is 44.9 Å². The molecule has 5 aliphatic rings. The number of H-pyrrole nitrogens is 2. The molecule has 0 radical (unpaired) electrons. The number of aliphatic imine (C=N–C) groups is 2. The van der Waals surface area contributed by atoms with Gasteiger partial charge in [-0.2, -0.15) is 0 Å². The van der Waals surface area contributed by atoms with Crippen LogP contribution in [0, 0.1) is 17.8 Å². The highest BCUT2D eigenvalue weighted by molar-refractivity contribution is 6.01. The van der Waals surface area contributed by atoms with Crippen molar-refractivity contribution in [3.05, 3.63) is 180 Å². The van der Waals surface area contributed by atoms with Gasteiger partial charge in [0.1, 0.15) is 48.3 Å². The zero-order chi connectivity index (χ0) is 92.6. The summed E-state index contributed by atoms with van der Waals surface area (Å²) in [4.78, 5) is 214. The molecule has 0 unspecified atom stereocenters. The van der Waals surface area contributed by atoms with Gasteiger partial charge in [-0.25, -0.2) is 0 Å². The van der Waals surface area contributed by atoms with E-state index in [4.69, 9.17) is 22.9 Å². The second-order valence-corrected chi connectivity index (χ2v) is 34.7. The first-order valence-electron chi connectivity index (χ1n) is 45.6. The molecule has 4 saturated heterocycles. The van der Waals surface area contributed by atoms with Crippen LogP contribution in [0.3, 0.4) is 0 Å². The minimum atomic E-state index is -1.16. The molecule has 34 nitrogen and oxygen atoms in total. The number of carbonyl (C=O) groups is 14. The molecule has 130 heavy (non-hydrogen) atoms. The number of Topliss-reactive ketones (excluding diaryl/α,β-unsaturated/α-hetero) is 2. The quantitative estimate of drug-likeness (QED) is 0.0206. The topological polar surface area (TPSA) is 526 Å². The third-order valence-electron chi connectivity index (χ3n) is 24.9. The van der Waals surface area contributed by atoms with Crippen LogP contribution < -0.4 is 76.1 Å². The van der Waals surface area contributed by atoms with E-state index in [-0.39, 0.29) is 158 Å².